The number of hydrogen-bond acceptors (Lipinski definition) is 5. The van der Waals surface area contributed by atoms with Crippen molar-refractivity contribution in [1.29, 1.82) is 0 Å². The third-order valence-corrected chi connectivity index (χ3v) is 6.09. The van der Waals surface area contributed by atoms with Crippen LogP contribution in [0.1, 0.15) is 30.5 Å². The first-order valence-corrected chi connectivity index (χ1v) is 11.4. The van der Waals surface area contributed by atoms with Crippen molar-refractivity contribution in [1.82, 2.24) is 14.8 Å². The van der Waals surface area contributed by atoms with Gasteiger partial charge in [0.25, 0.3) is 0 Å². The van der Waals surface area contributed by atoms with Crippen LogP contribution < -0.4 is 9.47 Å². The predicted octanol–water partition coefficient (Wildman–Crippen LogP) is 5.25. The summed E-state index contributed by atoms with van der Waals surface area (Å²) in [6.45, 7) is 1.54. The Hall–Kier alpha value is -4.39. The predicted molar refractivity (Wildman–Crippen MR) is 135 cm³/mol. The van der Waals surface area contributed by atoms with E-state index in [1.54, 1.807) is 19.2 Å². The third-order valence-electron chi connectivity index (χ3n) is 6.09. The van der Waals surface area contributed by atoms with Crippen LogP contribution in [0.5, 0.6) is 11.5 Å². The van der Waals surface area contributed by atoms with Gasteiger partial charge in [0.2, 0.25) is 5.91 Å². The highest BCUT2D eigenvalue weighted by Crippen LogP contribution is 2.39. The van der Waals surface area contributed by atoms with Crippen LogP contribution in [0.15, 0.2) is 90.2 Å². The molecule has 0 saturated heterocycles. The van der Waals surface area contributed by atoms with Gasteiger partial charge in [0, 0.05) is 42.3 Å². The molecule has 0 spiro atoms. The number of ether oxygens (including phenoxy) is 2. The van der Waals surface area contributed by atoms with E-state index in [0.717, 1.165) is 33.8 Å². The van der Waals surface area contributed by atoms with Gasteiger partial charge in [-0.05, 0) is 24.3 Å². The van der Waals surface area contributed by atoms with Gasteiger partial charge in [0.15, 0.2) is 0 Å². The zero-order valence-corrected chi connectivity index (χ0v) is 19.9. The Morgan fingerprint density at radius 3 is 2.11 bits per heavy atom. The number of nitrogens with zero attached hydrogens (tertiary/aromatic N) is 4. The van der Waals surface area contributed by atoms with E-state index in [0.29, 0.717) is 17.9 Å². The number of hydrazone groups is 1. The molecule has 7 nitrogen and oxygen atoms in total. The highest BCUT2D eigenvalue weighted by molar-refractivity contribution is 6.03. The largest absolute Gasteiger partial charge is 0.497 e. The fourth-order valence-electron chi connectivity index (χ4n) is 4.36. The number of hydrogen-bond donors (Lipinski definition) is 0. The smallest absolute Gasteiger partial charge is 0.240 e. The number of methoxy groups -OCH3 is 2. The Balaban J connectivity index is 1.60. The van der Waals surface area contributed by atoms with Gasteiger partial charge in [-0.15, -0.1) is 0 Å². The van der Waals surface area contributed by atoms with Crippen molar-refractivity contribution in [3.8, 4) is 28.4 Å². The molecule has 0 bridgehead atoms. The van der Waals surface area contributed by atoms with Crippen molar-refractivity contribution in [3.63, 3.8) is 0 Å². The molecule has 176 valence electrons. The molecule has 4 aromatic rings. The summed E-state index contributed by atoms with van der Waals surface area (Å²) >= 11 is 0. The molecule has 0 radical (unpaired) electrons. The number of para-hydroxylation sites is 1. The molecule has 1 amide bonds. The van der Waals surface area contributed by atoms with Crippen molar-refractivity contribution in [2.75, 3.05) is 14.2 Å². The van der Waals surface area contributed by atoms with Crippen LogP contribution in [-0.4, -0.2) is 40.6 Å². The number of carbonyl (C=O) groups is 1. The number of benzene rings is 3. The van der Waals surface area contributed by atoms with Crippen LogP contribution >= 0.6 is 0 Å². The topological polar surface area (TPSA) is 69.0 Å². The van der Waals surface area contributed by atoms with E-state index in [-0.39, 0.29) is 11.9 Å². The lowest BCUT2D eigenvalue weighted by atomic mass is 9.96. The molecular weight excluding hydrogens is 440 g/mol. The zero-order chi connectivity index (χ0) is 24.4. The first-order valence-electron chi connectivity index (χ1n) is 11.4. The Labute approximate surface area is 204 Å². The van der Waals surface area contributed by atoms with Crippen LogP contribution in [0.25, 0.3) is 16.9 Å². The van der Waals surface area contributed by atoms with Crippen LogP contribution in [0.4, 0.5) is 0 Å². The van der Waals surface area contributed by atoms with E-state index < -0.39 is 0 Å². The van der Waals surface area contributed by atoms with E-state index >= 15 is 0 Å². The minimum atomic E-state index is -0.299. The van der Waals surface area contributed by atoms with Gasteiger partial charge in [-0.25, -0.2) is 9.69 Å². The van der Waals surface area contributed by atoms with Gasteiger partial charge in [0.05, 0.1) is 37.4 Å². The second kappa shape index (κ2) is 9.46. The molecule has 1 atom stereocenters. The molecule has 3 aromatic carbocycles. The van der Waals surface area contributed by atoms with E-state index in [9.17, 15) is 4.79 Å². The summed E-state index contributed by atoms with van der Waals surface area (Å²) in [7, 11) is 3.23. The Morgan fingerprint density at radius 2 is 1.51 bits per heavy atom. The van der Waals surface area contributed by atoms with Crippen LogP contribution in [0.2, 0.25) is 0 Å². The lowest BCUT2D eigenvalue weighted by molar-refractivity contribution is -0.130. The normalized spacial score (nSPS) is 15.1. The summed E-state index contributed by atoms with van der Waals surface area (Å²) in [4.78, 5) is 12.7. The number of amides is 1. The maximum atomic E-state index is 12.7. The fourth-order valence-corrected chi connectivity index (χ4v) is 4.36. The molecule has 2 heterocycles. The molecule has 5 rings (SSSR count). The van der Waals surface area contributed by atoms with Crippen molar-refractivity contribution in [2.24, 2.45) is 5.10 Å². The molecule has 0 aliphatic carbocycles. The number of carbonyl (C=O) groups excluding carboxylic acids is 1. The maximum Gasteiger partial charge on any atom is 0.240 e. The second-order valence-electron chi connectivity index (χ2n) is 8.31. The summed E-state index contributed by atoms with van der Waals surface area (Å²) < 4.78 is 12.7. The number of aromatic nitrogens is 2. The van der Waals surface area contributed by atoms with Crippen LogP contribution in [0.3, 0.4) is 0 Å². The highest BCUT2D eigenvalue weighted by atomic mass is 16.5. The summed E-state index contributed by atoms with van der Waals surface area (Å²) in [5, 5.41) is 11.2. The molecule has 1 aliphatic rings. The second-order valence-corrected chi connectivity index (χ2v) is 8.31. The van der Waals surface area contributed by atoms with E-state index in [1.807, 2.05) is 89.7 Å². The highest BCUT2D eigenvalue weighted by Gasteiger charge is 2.35. The molecule has 1 aliphatic heterocycles. The van der Waals surface area contributed by atoms with Gasteiger partial charge < -0.3 is 9.47 Å². The Morgan fingerprint density at radius 1 is 0.886 bits per heavy atom. The van der Waals surface area contributed by atoms with Crippen LogP contribution in [-0.2, 0) is 4.79 Å². The summed E-state index contributed by atoms with van der Waals surface area (Å²) in [5.41, 5.74) is 5.33. The maximum absolute atomic E-state index is 12.7. The molecule has 7 heteroatoms. The fraction of sp³-hybridized carbons (Fsp3) is 0.179. The molecule has 0 N–H and O–H groups in total. The quantitative estimate of drug-likeness (QED) is 0.389. The van der Waals surface area contributed by atoms with Gasteiger partial charge in [-0.3, -0.25) is 4.79 Å². The van der Waals surface area contributed by atoms with Gasteiger partial charge in [-0.2, -0.15) is 10.2 Å². The Bertz CT molecular complexity index is 1360. The molecule has 0 saturated carbocycles. The van der Waals surface area contributed by atoms with Crippen molar-refractivity contribution >= 4 is 11.6 Å². The molecule has 1 unspecified atom stereocenters. The first-order chi connectivity index (χ1) is 17.1. The Kier molecular flexibility index (Phi) is 6.06. The summed E-state index contributed by atoms with van der Waals surface area (Å²) in [6, 6.07) is 25.3. The zero-order valence-electron chi connectivity index (χ0n) is 19.9. The molecular formula is C28H26N4O3. The van der Waals surface area contributed by atoms with Crippen molar-refractivity contribution < 1.29 is 14.3 Å². The lowest BCUT2D eigenvalue weighted by Crippen LogP contribution is -2.24. The van der Waals surface area contributed by atoms with Gasteiger partial charge >= 0.3 is 0 Å². The van der Waals surface area contributed by atoms with E-state index in [2.05, 4.69) is 0 Å². The van der Waals surface area contributed by atoms with Crippen molar-refractivity contribution in [3.05, 3.63) is 96.2 Å². The average Bonchev–Trinajstić information content (AvgIpc) is 3.55. The SMILES string of the molecule is COc1cc(OC)cc(C2=NN(C(C)=O)C(c3cn(-c4ccccc4)nc3-c3ccccc3)C2)c1. The monoisotopic (exact) mass is 466 g/mol. The van der Waals surface area contributed by atoms with Crippen LogP contribution in [0, 0.1) is 0 Å². The average molecular weight is 467 g/mol. The molecule has 0 fully saturated rings. The van der Waals surface area contributed by atoms with E-state index in [4.69, 9.17) is 19.7 Å². The molecule has 1 aromatic heterocycles. The van der Waals surface area contributed by atoms with E-state index in [1.165, 1.54) is 6.92 Å². The van der Waals surface area contributed by atoms with Gasteiger partial charge in [0.1, 0.15) is 11.5 Å². The minimum Gasteiger partial charge on any atom is -0.497 e. The summed E-state index contributed by atoms with van der Waals surface area (Å²) in [5.74, 6) is 1.20. The van der Waals surface area contributed by atoms with Crippen molar-refractivity contribution in [2.45, 2.75) is 19.4 Å². The lowest BCUT2D eigenvalue weighted by Gasteiger charge is -2.20. The van der Waals surface area contributed by atoms with Gasteiger partial charge in [-0.1, -0.05) is 48.5 Å². The first kappa shape index (κ1) is 22.4. The number of rotatable bonds is 6. The standard InChI is InChI=1S/C28H26N4O3/c1-19(33)32-27(17-26(29-32)21-14-23(34-2)16-24(15-21)35-3)25-18-31(22-12-8-5-9-13-22)30-28(25)20-10-6-4-7-11-20/h4-16,18,27H,17H2,1-3H3. The summed E-state index contributed by atoms with van der Waals surface area (Å²) in [6.07, 6.45) is 2.54. The minimum absolute atomic E-state index is 0.133. The third kappa shape index (κ3) is 4.40. The molecule has 35 heavy (non-hydrogen) atoms.